The van der Waals surface area contributed by atoms with Crippen molar-refractivity contribution in [3.8, 4) is 5.75 Å². The molecule has 0 spiro atoms. The summed E-state index contributed by atoms with van der Waals surface area (Å²) in [6.07, 6.45) is 0. The van der Waals surface area contributed by atoms with Crippen LogP contribution in [0.4, 0.5) is 11.4 Å². The van der Waals surface area contributed by atoms with E-state index in [1.807, 2.05) is 32.0 Å². The van der Waals surface area contributed by atoms with Gasteiger partial charge in [-0.25, -0.2) is 4.90 Å². The van der Waals surface area contributed by atoms with E-state index in [9.17, 15) is 9.59 Å². The maximum Gasteiger partial charge on any atom is 0.282 e. The van der Waals surface area contributed by atoms with Gasteiger partial charge in [0.05, 0.1) is 18.4 Å². The summed E-state index contributed by atoms with van der Waals surface area (Å²) in [5, 5.41) is 3.64. The number of rotatable bonds is 5. The Bertz CT molecular complexity index is 1200. The minimum atomic E-state index is -0.433. The van der Waals surface area contributed by atoms with Crippen molar-refractivity contribution in [1.82, 2.24) is 0 Å². The number of nitrogens with one attached hydrogen (secondary N) is 1. The standard InChI is InChI=1S/C25H21ClN2O3/c1-15-11-16(2)13-19(12-15)27-23-22(17-7-9-21(31-3)10-8-17)24(29)28(25(23)30)20-6-4-5-18(26)14-20/h4-14,27H,1-3H3. The molecule has 3 aromatic carbocycles. The predicted octanol–water partition coefficient (Wildman–Crippen LogP) is 5.36. The van der Waals surface area contributed by atoms with Crippen molar-refractivity contribution in [2.75, 3.05) is 17.3 Å². The lowest BCUT2D eigenvalue weighted by Crippen LogP contribution is -2.32. The van der Waals surface area contributed by atoms with E-state index in [-0.39, 0.29) is 5.70 Å². The van der Waals surface area contributed by atoms with Gasteiger partial charge in [0, 0.05) is 10.7 Å². The fourth-order valence-electron chi connectivity index (χ4n) is 3.71. The highest BCUT2D eigenvalue weighted by Gasteiger charge is 2.40. The Morgan fingerprint density at radius 1 is 0.871 bits per heavy atom. The fraction of sp³-hybridized carbons (Fsp3) is 0.120. The number of imide groups is 1. The summed E-state index contributed by atoms with van der Waals surface area (Å²) < 4.78 is 5.22. The Hall–Kier alpha value is -3.57. The number of hydrogen-bond donors (Lipinski definition) is 1. The minimum Gasteiger partial charge on any atom is -0.497 e. The molecule has 1 heterocycles. The molecule has 6 heteroatoms. The predicted molar refractivity (Wildman–Crippen MR) is 123 cm³/mol. The molecular formula is C25H21ClN2O3. The molecule has 2 amide bonds. The molecule has 0 aliphatic carbocycles. The zero-order chi connectivity index (χ0) is 22.1. The summed E-state index contributed by atoms with van der Waals surface area (Å²) in [5.74, 6) is -0.182. The van der Waals surface area contributed by atoms with Gasteiger partial charge in [-0.15, -0.1) is 0 Å². The van der Waals surface area contributed by atoms with E-state index < -0.39 is 11.8 Å². The summed E-state index contributed by atoms with van der Waals surface area (Å²) in [6, 6.07) is 19.7. The lowest BCUT2D eigenvalue weighted by atomic mass is 10.0. The Morgan fingerprint density at radius 3 is 2.16 bits per heavy atom. The Kier molecular flexibility index (Phi) is 5.53. The van der Waals surface area contributed by atoms with Crippen LogP contribution in [0.2, 0.25) is 5.02 Å². The van der Waals surface area contributed by atoms with Gasteiger partial charge >= 0.3 is 0 Å². The molecule has 0 aromatic heterocycles. The molecule has 0 unspecified atom stereocenters. The number of hydrogen-bond acceptors (Lipinski definition) is 4. The summed E-state index contributed by atoms with van der Waals surface area (Å²) >= 11 is 6.11. The molecule has 0 saturated carbocycles. The Balaban J connectivity index is 1.83. The van der Waals surface area contributed by atoms with Crippen molar-refractivity contribution in [1.29, 1.82) is 0 Å². The molecule has 0 atom stereocenters. The van der Waals surface area contributed by atoms with Gasteiger partial charge < -0.3 is 10.1 Å². The van der Waals surface area contributed by atoms with Crippen LogP contribution in [0.15, 0.2) is 72.4 Å². The third kappa shape index (κ3) is 4.05. The van der Waals surface area contributed by atoms with Gasteiger partial charge in [-0.05, 0) is 73.0 Å². The summed E-state index contributed by atoms with van der Waals surface area (Å²) in [5.41, 5.74) is 4.41. The monoisotopic (exact) mass is 432 g/mol. The zero-order valence-corrected chi connectivity index (χ0v) is 18.2. The second-order valence-corrected chi connectivity index (χ2v) is 7.84. The van der Waals surface area contributed by atoms with Crippen molar-refractivity contribution in [3.05, 3.63) is 94.1 Å². The van der Waals surface area contributed by atoms with Crippen molar-refractivity contribution >= 4 is 40.4 Å². The number of ether oxygens (including phenoxy) is 1. The average Bonchev–Trinajstić information content (AvgIpc) is 2.97. The van der Waals surface area contributed by atoms with Gasteiger partial charge in [0.25, 0.3) is 11.8 Å². The van der Waals surface area contributed by atoms with Gasteiger partial charge in [0.2, 0.25) is 0 Å². The average molecular weight is 433 g/mol. The lowest BCUT2D eigenvalue weighted by molar-refractivity contribution is -0.120. The van der Waals surface area contributed by atoms with Crippen LogP contribution in [0.1, 0.15) is 16.7 Å². The maximum absolute atomic E-state index is 13.4. The number of amides is 2. The number of benzene rings is 3. The van der Waals surface area contributed by atoms with Crippen molar-refractivity contribution in [3.63, 3.8) is 0 Å². The van der Waals surface area contributed by atoms with Crippen LogP contribution in [0.25, 0.3) is 5.57 Å². The molecule has 1 N–H and O–H groups in total. The number of halogens is 1. The number of anilines is 2. The topological polar surface area (TPSA) is 58.6 Å². The zero-order valence-electron chi connectivity index (χ0n) is 17.4. The molecule has 5 nitrogen and oxygen atoms in total. The highest BCUT2D eigenvalue weighted by atomic mass is 35.5. The Labute approximate surface area is 185 Å². The molecule has 0 fully saturated rings. The molecule has 1 aliphatic rings. The number of nitrogens with zero attached hydrogens (tertiary/aromatic N) is 1. The van der Waals surface area contributed by atoms with Crippen LogP contribution in [0.3, 0.4) is 0 Å². The molecule has 0 radical (unpaired) electrons. The van der Waals surface area contributed by atoms with E-state index in [0.29, 0.717) is 27.6 Å². The molecule has 0 saturated heterocycles. The van der Waals surface area contributed by atoms with Crippen LogP contribution in [0.5, 0.6) is 5.75 Å². The van der Waals surface area contributed by atoms with E-state index >= 15 is 0 Å². The largest absolute Gasteiger partial charge is 0.497 e. The van der Waals surface area contributed by atoms with Crippen LogP contribution in [0, 0.1) is 13.8 Å². The van der Waals surface area contributed by atoms with Crippen LogP contribution in [-0.2, 0) is 9.59 Å². The highest BCUT2D eigenvalue weighted by molar-refractivity contribution is 6.46. The maximum atomic E-state index is 13.4. The molecule has 0 bridgehead atoms. The number of methoxy groups -OCH3 is 1. The molecule has 3 aromatic rings. The number of carbonyl (C=O) groups is 2. The molecular weight excluding hydrogens is 412 g/mol. The molecule has 156 valence electrons. The van der Waals surface area contributed by atoms with Gasteiger partial charge in [0.1, 0.15) is 11.4 Å². The van der Waals surface area contributed by atoms with Gasteiger partial charge in [-0.3, -0.25) is 9.59 Å². The Morgan fingerprint density at radius 2 is 1.55 bits per heavy atom. The van der Waals surface area contributed by atoms with E-state index in [1.165, 1.54) is 0 Å². The van der Waals surface area contributed by atoms with E-state index in [4.69, 9.17) is 16.3 Å². The van der Waals surface area contributed by atoms with E-state index in [1.54, 1.807) is 55.6 Å². The summed E-state index contributed by atoms with van der Waals surface area (Å²) in [4.78, 5) is 28.0. The first kappa shape index (κ1) is 20.7. The van der Waals surface area contributed by atoms with Gasteiger partial charge in [-0.1, -0.05) is 35.9 Å². The van der Waals surface area contributed by atoms with Crippen molar-refractivity contribution in [2.45, 2.75) is 13.8 Å². The number of carbonyl (C=O) groups excluding carboxylic acids is 2. The second-order valence-electron chi connectivity index (χ2n) is 7.41. The third-order valence-electron chi connectivity index (χ3n) is 5.02. The van der Waals surface area contributed by atoms with Gasteiger partial charge in [-0.2, -0.15) is 0 Å². The van der Waals surface area contributed by atoms with E-state index in [2.05, 4.69) is 5.32 Å². The van der Waals surface area contributed by atoms with Crippen LogP contribution in [-0.4, -0.2) is 18.9 Å². The normalized spacial score (nSPS) is 13.7. The lowest BCUT2D eigenvalue weighted by Gasteiger charge is -2.16. The van der Waals surface area contributed by atoms with E-state index in [0.717, 1.165) is 21.7 Å². The fourth-order valence-corrected chi connectivity index (χ4v) is 3.90. The molecule has 4 rings (SSSR count). The van der Waals surface area contributed by atoms with Crippen molar-refractivity contribution < 1.29 is 14.3 Å². The summed E-state index contributed by atoms with van der Waals surface area (Å²) in [7, 11) is 1.58. The second kappa shape index (κ2) is 8.28. The smallest absolute Gasteiger partial charge is 0.282 e. The first-order chi connectivity index (χ1) is 14.9. The first-order valence-electron chi connectivity index (χ1n) is 9.76. The first-order valence-corrected chi connectivity index (χ1v) is 10.1. The van der Waals surface area contributed by atoms with Crippen LogP contribution < -0.4 is 15.0 Å². The quantitative estimate of drug-likeness (QED) is 0.551. The minimum absolute atomic E-state index is 0.222. The molecule has 1 aliphatic heterocycles. The van der Waals surface area contributed by atoms with Gasteiger partial charge in [0.15, 0.2) is 0 Å². The number of aryl methyl sites for hydroxylation is 2. The molecule has 31 heavy (non-hydrogen) atoms. The highest BCUT2D eigenvalue weighted by Crippen LogP contribution is 2.35. The summed E-state index contributed by atoms with van der Waals surface area (Å²) in [6.45, 7) is 3.97. The third-order valence-corrected chi connectivity index (χ3v) is 5.26. The van der Waals surface area contributed by atoms with Crippen molar-refractivity contribution in [2.24, 2.45) is 0 Å². The van der Waals surface area contributed by atoms with Crippen LogP contribution >= 0.6 is 11.6 Å². The SMILES string of the molecule is COc1ccc(C2=C(Nc3cc(C)cc(C)c3)C(=O)N(c3cccc(Cl)c3)C2=O)cc1.